The topological polar surface area (TPSA) is 286 Å². The third-order valence-corrected chi connectivity index (χ3v) is 7.20. The number of aromatic nitrogens is 3. The minimum atomic E-state index is -1.29. The normalized spacial score (nSPS) is 13.7. The number of para-hydroxylation sites is 1. The Hall–Kier alpha value is -4.96. The Morgan fingerprint density at radius 3 is 2.20 bits per heavy atom. The highest BCUT2D eigenvalue weighted by Crippen LogP contribution is 2.19. The molecule has 14 N–H and O–H groups in total. The van der Waals surface area contributed by atoms with Crippen molar-refractivity contribution in [1.82, 2.24) is 30.9 Å². The van der Waals surface area contributed by atoms with E-state index in [-0.39, 0.29) is 38.2 Å². The number of unbranched alkanes of at least 4 members (excludes halogenated alkanes) is 1. The zero-order valence-electron chi connectivity index (χ0n) is 25.0. The molecule has 0 aliphatic heterocycles. The van der Waals surface area contributed by atoms with E-state index in [4.69, 9.17) is 22.9 Å². The van der Waals surface area contributed by atoms with E-state index < -0.39 is 47.9 Å². The second kappa shape index (κ2) is 17.4. The summed E-state index contributed by atoms with van der Waals surface area (Å²) in [5.74, 6) is -3.27. The Bertz CT molecular complexity index is 1440. The number of carboxylic acids is 1. The van der Waals surface area contributed by atoms with Gasteiger partial charge in [0.2, 0.25) is 17.7 Å². The fourth-order valence-electron chi connectivity index (χ4n) is 4.80. The molecule has 3 amide bonds. The van der Waals surface area contributed by atoms with Gasteiger partial charge in [-0.05, 0) is 56.7 Å². The van der Waals surface area contributed by atoms with Crippen molar-refractivity contribution in [3.63, 3.8) is 0 Å². The molecule has 4 unspecified atom stereocenters. The second-order valence-corrected chi connectivity index (χ2v) is 10.7. The third-order valence-electron chi connectivity index (χ3n) is 7.20. The van der Waals surface area contributed by atoms with E-state index in [0.717, 1.165) is 16.5 Å². The van der Waals surface area contributed by atoms with Crippen LogP contribution in [-0.2, 0) is 32.0 Å². The number of aromatic amines is 2. The van der Waals surface area contributed by atoms with Crippen LogP contribution in [0.1, 0.15) is 43.4 Å². The van der Waals surface area contributed by atoms with E-state index >= 15 is 0 Å². The molecule has 45 heavy (non-hydrogen) atoms. The molecule has 0 bridgehead atoms. The van der Waals surface area contributed by atoms with Gasteiger partial charge in [0.05, 0.1) is 12.4 Å². The van der Waals surface area contributed by atoms with Gasteiger partial charge in [0, 0.05) is 42.0 Å². The molecule has 0 saturated carbocycles. The van der Waals surface area contributed by atoms with Crippen LogP contribution < -0.4 is 38.9 Å². The zero-order valence-corrected chi connectivity index (χ0v) is 25.0. The first kappa shape index (κ1) is 34.5. The van der Waals surface area contributed by atoms with E-state index in [1.54, 1.807) is 6.20 Å². The number of amides is 3. The van der Waals surface area contributed by atoms with Gasteiger partial charge in [-0.1, -0.05) is 18.2 Å². The number of aliphatic imine (C=N–C) groups is 1. The van der Waals surface area contributed by atoms with Crippen molar-refractivity contribution in [1.29, 1.82) is 0 Å². The molecule has 2 aromatic heterocycles. The summed E-state index contributed by atoms with van der Waals surface area (Å²) in [7, 11) is 0. The number of hydrogen-bond donors (Lipinski definition) is 10. The second-order valence-electron chi connectivity index (χ2n) is 10.7. The highest BCUT2D eigenvalue weighted by Gasteiger charge is 2.30. The average molecular weight is 626 g/mol. The summed E-state index contributed by atoms with van der Waals surface area (Å²) in [6, 6.07) is 3.22. The maximum Gasteiger partial charge on any atom is 0.326 e. The predicted octanol–water partition coefficient (Wildman–Crippen LogP) is -1.27. The van der Waals surface area contributed by atoms with Crippen molar-refractivity contribution in [3.05, 3.63) is 54.2 Å². The van der Waals surface area contributed by atoms with Crippen LogP contribution in [0, 0.1) is 0 Å². The SMILES string of the molecule is NCCCCC(NC(=O)C(N)Cc1c[nH]c2ccccc12)C(=O)NC(CCCN=C(N)N)C(=O)NC(Cc1cnc[nH]1)C(=O)O. The van der Waals surface area contributed by atoms with Crippen molar-refractivity contribution in [2.45, 2.75) is 69.1 Å². The molecule has 0 radical (unpaired) electrons. The number of guanidine groups is 1. The van der Waals surface area contributed by atoms with Gasteiger partial charge in [-0.2, -0.15) is 0 Å². The Kier molecular flexibility index (Phi) is 13.3. The Morgan fingerprint density at radius 1 is 0.889 bits per heavy atom. The summed E-state index contributed by atoms with van der Waals surface area (Å²) in [5, 5.41) is 18.6. The monoisotopic (exact) mass is 625 g/mol. The van der Waals surface area contributed by atoms with Crippen LogP contribution in [0.15, 0.2) is 48.0 Å². The first-order valence-electron chi connectivity index (χ1n) is 14.8. The Morgan fingerprint density at radius 2 is 1.56 bits per heavy atom. The summed E-state index contributed by atoms with van der Waals surface area (Å²) in [6.45, 7) is 0.572. The molecule has 0 fully saturated rings. The molecule has 0 aliphatic carbocycles. The number of rotatable bonds is 19. The number of fused-ring (bicyclic) bond motifs is 1. The van der Waals surface area contributed by atoms with Crippen LogP contribution >= 0.6 is 0 Å². The zero-order chi connectivity index (χ0) is 32.8. The van der Waals surface area contributed by atoms with Crippen molar-refractivity contribution in [2.24, 2.45) is 27.9 Å². The van der Waals surface area contributed by atoms with Crippen LogP contribution in [0.4, 0.5) is 0 Å². The summed E-state index contributed by atoms with van der Waals surface area (Å²) >= 11 is 0. The molecule has 16 nitrogen and oxygen atoms in total. The van der Waals surface area contributed by atoms with Gasteiger partial charge < -0.3 is 54.0 Å². The van der Waals surface area contributed by atoms with Gasteiger partial charge in [0.25, 0.3) is 0 Å². The molecular formula is C29H43N11O5. The quantitative estimate of drug-likeness (QED) is 0.0428. The summed E-state index contributed by atoms with van der Waals surface area (Å²) < 4.78 is 0. The maximum absolute atomic E-state index is 13.5. The van der Waals surface area contributed by atoms with Crippen LogP contribution in [0.2, 0.25) is 0 Å². The van der Waals surface area contributed by atoms with E-state index in [2.05, 4.69) is 35.9 Å². The lowest BCUT2D eigenvalue weighted by atomic mass is 10.0. The minimum absolute atomic E-state index is 0.0537. The molecule has 16 heteroatoms. The molecule has 0 spiro atoms. The summed E-state index contributed by atoms with van der Waals surface area (Å²) in [5.41, 5.74) is 25.0. The number of benzene rings is 1. The average Bonchev–Trinajstić information content (AvgIpc) is 3.67. The Balaban J connectivity index is 1.72. The molecule has 244 valence electrons. The fourth-order valence-corrected chi connectivity index (χ4v) is 4.80. The first-order chi connectivity index (χ1) is 21.6. The number of nitrogens with one attached hydrogen (secondary N) is 5. The van der Waals surface area contributed by atoms with Crippen LogP contribution in [0.25, 0.3) is 10.9 Å². The number of imidazole rings is 1. The Labute approximate surface area is 260 Å². The number of carbonyl (C=O) groups excluding carboxylic acids is 3. The summed E-state index contributed by atoms with van der Waals surface area (Å²) in [6.07, 6.45) is 6.60. The van der Waals surface area contributed by atoms with Crippen LogP contribution in [0.5, 0.6) is 0 Å². The van der Waals surface area contributed by atoms with E-state index in [9.17, 15) is 24.3 Å². The highest BCUT2D eigenvalue weighted by atomic mass is 16.4. The van der Waals surface area contributed by atoms with Crippen molar-refractivity contribution < 1.29 is 24.3 Å². The lowest BCUT2D eigenvalue weighted by Gasteiger charge is -2.25. The number of carboxylic acid groups (broad SMARTS) is 1. The smallest absolute Gasteiger partial charge is 0.326 e. The van der Waals surface area contributed by atoms with Gasteiger partial charge in [-0.3, -0.25) is 19.4 Å². The van der Waals surface area contributed by atoms with Gasteiger partial charge in [-0.25, -0.2) is 9.78 Å². The lowest BCUT2D eigenvalue weighted by Crippen LogP contribution is -2.57. The molecule has 1 aromatic carbocycles. The molecule has 0 saturated heterocycles. The number of nitrogens with zero attached hydrogens (tertiary/aromatic N) is 2. The van der Waals surface area contributed by atoms with Crippen molar-refractivity contribution in [3.8, 4) is 0 Å². The number of aliphatic carboxylic acids is 1. The lowest BCUT2D eigenvalue weighted by molar-refractivity contribution is -0.142. The highest BCUT2D eigenvalue weighted by molar-refractivity contribution is 5.94. The number of carbonyl (C=O) groups is 4. The number of nitrogens with two attached hydrogens (primary N) is 4. The largest absolute Gasteiger partial charge is 0.480 e. The first-order valence-corrected chi connectivity index (χ1v) is 14.8. The number of hydrogen-bond acceptors (Lipinski definition) is 8. The number of H-pyrrole nitrogens is 2. The molecular weight excluding hydrogens is 582 g/mol. The molecule has 3 rings (SSSR count). The van der Waals surface area contributed by atoms with Gasteiger partial charge in [0.15, 0.2) is 5.96 Å². The molecule has 3 aromatic rings. The summed E-state index contributed by atoms with van der Waals surface area (Å²) in [4.78, 5) is 65.7. The van der Waals surface area contributed by atoms with Crippen molar-refractivity contribution in [2.75, 3.05) is 13.1 Å². The van der Waals surface area contributed by atoms with Gasteiger partial charge in [-0.15, -0.1) is 0 Å². The van der Waals surface area contributed by atoms with E-state index in [0.29, 0.717) is 31.5 Å². The van der Waals surface area contributed by atoms with Gasteiger partial charge in [0.1, 0.15) is 18.1 Å². The predicted molar refractivity (Wildman–Crippen MR) is 169 cm³/mol. The van der Waals surface area contributed by atoms with Gasteiger partial charge >= 0.3 is 5.97 Å². The van der Waals surface area contributed by atoms with Crippen LogP contribution in [0.3, 0.4) is 0 Å². The third kappa shape index (κ3) is 10.9. The van der Waals surface area contributed by atoms with Crippen LogP contribution in [-0.4, -0.2) is 87.0 Å². The maximum atomic E-state index is 13.5. The minimum Gasteiger partial charge on any atom is -0.480 e. The van der Waals surface area contributed by atoms with E-state index in [1.807, 2.05) is 24.3 Å². The molecule has 0 aliphatic rings. The van der Waals surface area contributed by atoms with E-state index in [1.165, 1.54) is 12.5 Å². The molecule has 2 heterocycles. The fraction of sp³-hybridized carbons (Fsp3) is 0.448. The standard InChI is InChI=1S/C29H43N11O5/c30-10-4-3-8-22(38-25(41)20(31)12-17-14-36-21-7-2-1-6-19(17)21)26(42)39-23(9-5-11-35-29(32)33)27(43)40-24(28(44)45)13-18-15-34-16-37-18/h1-2,6-7,14-16,20,22-24,36H,3-5,8-13,30-31H2,(H,34,37)(H,38,41)(H,39,42)(H,40,43)(H,44,45)(H4,32,33,35). The molecule has 4 atom stereocenters. The van der Waals surface area contributed by atoms with Crippen molar-refractivity contribution >= 4 is 40.6 Å².